The summed E-state index contributed by atoms with van der Waals surface area (Å²) in [6, 6.07) is 0.344. The third-order valence-electron chi connectivity index (χ3n) is 2.95. The summed E-state index contributed by atoms with van der Waals surface area (Å²) in [7, 11) is 0. The molecule has 0 aromatic rings. The normalized spacial score (nSPS) is 27.4. The van der Waals surface area contributed by atoms with E-state index in [4.69, 9.17) is 5.73 Å². The summed E-state index contributed by atoms with van der Waals surface area (Å²) in [5.41, 5.74) is 6.06. The monoisotopic (exact) mass is 199 g/mol. The molecule has 0 bridgehead atoms. The highest BCUT2D eigenvalue weighted by Crippen LogP contribution is 2.44. The van der Waals surface area contributed by atoms with Crippen molar-refractivity contribution in [1.82, 2.24) is 0 Å². The number of hydrogen-bond donors (Lipinski definition) is 1. The number of ether oxygens (including phenoxy) is 1. The van der Waals surface area contributed by atoms with Crippen LogP contribution in [-0.4, -0.2) is 19.1 Å². The SMILES string of the molecule is CC(C)C[C@H](N)[C@H]1C[C@H]1CCOC=O. The van der Waals surface area contributed by atoms with E-state index in [1.807, 2.05) is 0 Å². The number of carbonyl (C=O) groups excluding carboxylic acids is 1. The molecule has 1 fully saturated rings. The predicted molar refractivity (Wildman–Crippen MR) is 55.7 cm³/mol. The van der Waals surface area contributed by atoms with Gasteiger partial charge in [0.05, 0.1) is 6.61 Å². The van der Waals surface area contributed by atoms with Crippen molar-refractivity contribution >= 4 is 6.47 Å². The Morgan fingerprint density at radius 2 is 2.29 bits per heavy atom. The number of nitrogens with two attached hydrogens (primary N) is 1. The lowest BCUT2D eigenvalue weighted by Gasteiger charge is -2.13. The average Bonchev–Trinajstić information content (AvgIpc) is 2.83. The highest BCUT2D eigenvalue weighted by Gasteiger charge is 2.40. The first-order valence-electron chi connectivity index (χ1n) is 5.46. The highest BCUT2D eigenvalue weighted by molar-refractivity contribution is 5.36. The van der Waals surface area contributed by atoms with Crippen LogP contribution in [0.3, 0.4) is 0 Å². The molecule has 0 spiro atoms. The summed E-state index contributed by atoms with van der Waals surface area (Å²) in [5.74, 6) is 2.05. The van der Waals surface area contributed by atoms with E-state index < -0.39 is 0 Å². The minimum atomic E-state index is 0.344. The third-order valence-corrected chi connectivity index (χ3v) is 2.95. The first kappa shape index (κ1) is 11.5. The van der Waals surface area contributed by atoms with Gasteiger partial charge in [0, 0.05) is 6.04 Å². The molecule has 0 amide bonds. The molecule has 0 aromatic heterocycles. The van der Waals surface area contributed by atoms with Crippen molar-refractivity contribution in [2.24, 2.45) is 23.5 Å². The molecule has 2 N–H and O–H groups in total. The summed E-state index contributed by atoms with van der Waals surface area (Å²) in [4.78, 5) is 9.92. The number of carbonyl (C=O) groups is 1. The first-order chi connectivity index (χ1) is 6.65. The van der Waals surface area contributed by atoms with Crippen molar-refractivity contribution in [1.29, 1.82) is 0 Å². The van der Waals surface area contributed by atoms with E-state index in [1.54, 1.807) is 0 Å². The van der Waals surface area contributed by atoms with Gasteiger partial charge < -0.3 is 10.5 Å². The molecule has 82 valence electrons. The molecule has 1 rings (SSSR count). The standard InChI is InChI=1S/C11H21NO2/c1-8(2)5-11(12)10-6-9(10)3-4-14-7-13/h7-11H,3-6,12H2,1-2H3/t9-,10+,11+/m1/s1. The van der Waals surface area contributed by atoms with Gasteiger partial charge in [0.2, 0.25) is 0 Å². The average molecular weight is 199 g/mol. The van der Waals surface area contributed by atoms with Crippen molar-refractivity contribution in [3.63, 3.8) is 0 Å². The van der Waals surface area contributed by atoms with Crippen molar-refractivity contribution in [2.45, 2.75) is 39.2 Å². The first-order valence-corrected chi connectivity index (χ1v) is 5.46. The van der Waals surface area contributed by atoms with Crippen LogP contribution in [0.4, 0.5) is 0 Å². The zero-order valence-electron chi connectivity index (χ0n) is 9.11. The Morgan fingerprint density at radius 1 is 1.57 bits per heavy atom. The molecule has 0 heterocycles. The largest absolute Gasteiger partial charge is 0.468 e. The van der Waals surface area contributed by atoms with Gasteiger partial charge in [-0.25, -0.2) is 0 Å². The van der Waals surface area contributed by atoms with Crippen LogP contribution in [0, 0.1) is 17.8 Å². The molecular weight excluding hydrogens is 178 g/mol. The van der Waals surface area contributed by atoms with Crippen LogP contribution in [0.25, 0.3) is 0 Å². The van der Waals surface area contributed by atoms with E-state index in [-0.39, 0.29) is 0 Å². The Kier molecular flexibility index (Phi) is 4.39. The van der Waals surface area contributed by atoms with Crippen molar-refractivity contribution < 1.29 is 9.53 Å². The molecule has 0 unspecified atom stereocenters. The predicted octanol–water partition coefficient (Wildman–Crippen LogP) is 1.56. The van der Waals surface area contributed by atoms with Gasteiger partial charge >= 0.3 is 0 Å². The quantitative estimate of drug-likeness (QED) is 0.500. The molecule has 3 atom stereocenters. The minimum Gasteiger partial charge on any atom is -0.468 e. The van der Waals surface area contributed by atoms with Crippen LogP contribution in [0.15, 0.2) is 0 Å². The van der Waals surface area contributed by atoms with Gasteiger partial charge in [0.1, 0.15) is 0 Å². The van der Waals surface area contributed by atoms with Gasteiger partial charge in [-0.1, -0.05) is 13.8 Å². The van der Waals surface area contributed by atoms with Gasteiger partial charge in [0.15, 0.2) is 0 Å². The van der Waals surface area contributed by atoms with Crippen LogP contribution in [0.1, 0.15) is 33.1 Å². The lowest BCUT2D eigenvalue weighted by molar-refractivity contribution is -0.128. The maximum absolute atomic E-state index is 9.92. The smallest absolute Gasteiger partial charge is 0.293 e. The molecule has 0 saturated heterocycles. The van der Waals surface area contributed by atoms with Crippen LogP contribution < -0.4 is 5.73 Å². The lowest BCUT2D eigenvalue weighted by atomic mass is 9.99. The molecule has 0 aromatic carbocycles. The number of hydrogen-bond acceptors (Lipinski definition) is 3. The molecule has 14 heavy (non-hydrogen) atoms. The Hall–Kier alpha value is -0.570. The summed E-state index contributed by atoms with van der Waals surface area (Å²) in [6.07, 6.45) is 3.31. The van der Waals surface area contributed by atoms with Crippen molar-refractivity contribution in [3.8, 4) is 0 Å². The van der Waals surface area contributed by atoms with Crippen LogP contribution in [-0.2, 0) is 9.53 Å². The van der Waals surface area contributed by atoms with E-state index in [2.05, 4.69) is 18.6 Å². The Bertz CT molecular complexity index is 182. The molecule has 1 saturated carbocycles. The van der Waals surface area contributed by atoms with Crippen molar-refractivity contribution in [3.05, 3.63) is 0 Å². The Morgan fingerprint density at radius 3 is 2.86 bits per heavy atom. The third kappa shape index (κ3) is 3.66. The maximum atomic E-state index is 9.92. The Labute approximate surface area is 86.0 Å². The minimum absolute atomic E-state index is 0.344. The van der Waals surface area contributed by atoms with Crippen LogP contribution in [0.2, 0.25) is 0 Å². The molecule has 1 aliphatic rings. The molecule has 3 heteroatoms. The van der Waals surface area contributed by atoms with E-state index in [9.17, 15) is 4.79 Å². The topological polar surface area (TPSA) is 52.3 Å². The second kappa shape index (κ2) is 5.35. The van der Waals surface area contributed by atoms with E-state index >= 15 is 0 Å². The maximum Gasteiger partial charge on any atom is 0.293 e. The van der Waals surface area contributed by atoms with E-state index in [0.29, 0.717) is 36.9 Å². The molecule has 0 radical (unpaired) electrons. The summed E-state index contributed by atoms with van der Waals surface area (Å²) in [5, 5.41) is 0. The van der Waals surface area contributed by atoms with E-state index in [0.717, 1.165) is 12.8 Å². The molecule has 0 aliphatic heterocycles. The molecular formula is C11H21NO2. The van der Waals surface area contributed by atoms with Crippen molar-refractivity contribution in [2.75, 3.05) is 6.61 Å². The lowest BCUT2D eigenvalue weighted by Crippen LogP contribution is -2.25. The molecule has 1 aliphatic carbocycles. The second-order valence-electron chi connectivity index (χ2n) is 4.71. The zero-order chi connectivity index (χ0) is 10.6. The Balaban J connectivity index is 2.09. The fourth-order valence-electron chi connectivity index (χ4n) is 2.11. The van der Waals surface area contributed by atoms with Crippen LogP contribution >= 0.6 is 0 Å². The fourth-order valence-corrected chi connectivity index (χ4v) is 2.11. The zero-order valence-corrected chi connectivity index (χ0v) is 9.11. The number of rotatable bonds is 7. The fraction of sp³-hybridized carbons (Fsp3) is 0.909. The van der Waals surface area contributed by atoms with Crippen LogP contribution in [0.5, 0.6) is 0 Å². The van der Waals surface area contributed by atoms with Gasteiger partial charge in [-0.2, -0.15) is 0 Å². The van der Waals surface area contributed by atoms with Gasteiger partial charge in [-0.05, 0) is 37.0 Å². The highest BCUT2D eigenvalue weighted by atomic mass is 16.5. The second-order valence-corrected chi connectivity index (χ2v) is 4.71. The summed E-state index contributed by atoms with van der Waals surface area (Å²) in [6.45, 7) is 5.48. The summed E-state index contributed by atoms with van der Waals surface area (Å²) < 4.78 is 4.67. The van der Waals surface area contributed by atoms with Gasteiger partial charge in [0.25, 0.3) is 6.47 Å². The summed E-state index contributed by atoms with van der Waals surface area (Å²) >= 11 is 0. The molecule has 3 nitrogen and oxygen atoms in total. The van der Waals surface area contributed by atoms with E-state index in [1.165, 1.54) is 6.42 Å². The van der Waals surface area contributed by atoms with Gasteiger partial charge in [-0.15, -0.1) is 0 Å². The van der Waals surface area contributed by atoms with Gasteiger partial charge in [-0.3, -0.25) is 4.79 Å².